The van der Waals surface area contributed by atoms with Crippen LogP contribution in [0.4, 0.5) is 5.95 Å². The second-order valence-electron chi connectivity index (χ2n) is 4.58. The van der Waals surface area contributed by atoms with Gasteiger partial charge in [-0.25, -0.2) is 9.67 Å². The normalized spacial score (nSPS) is 23.8. The summed E-state index contributed by atoms with van der Waals surface area (Å²) >= 11 is 1.92. The van der Waals surface area contributed by atoms with E-state index in [-0.39, 0.29) is 18.4 Å². The molecule has 7 heteroatoms. The van der Waals surface area contributed by atoms with E-state index in [1.165, 1.54) is 23.9 Å². The maximum absolute atomic E-state index is 11.8. The van der Waals surface area contributed by atoms with Gasteiger partial charge in [0.25, 0.3) is 0 Å². The summed E-state index contributed by atoms with van der Waals surface area (Å²) in [7, 11) is 0. The van der Waals surface area contributed by atoms with Crippen LogP contribution in [0.1, 0.15) is 25.7 Å². The van der Waals surface area contributed by atoms with Crippen LogP contribution in [0.15, 0.2) is 6.33 Å². The number of nitrogens with one attached hydrogen (secondary N) is 1. The van der Waals surface area contributed by atoms with Crippen LogP contribution in [0.5, 0.6) is 0 Å². The van der Waals surface area contributed by atoms with Gasteiger partial charge >= 0.3 is 0 Å². The van der Waals surface area contributed by atoms with Crippen molar-refractivity contribution >= 4 is 23.6 Å². The number of nitrogens with zero attached hydrogens (tertiary/aromatic N) is 3. The molecule has 6 nitrogen and oxygen atoms in total. The lowest BCUT2D eigenvalue weighted by Crippen LogP contribution is -2.39. The molecule has 0 bridgehead atoms. The number of nitrogens with two attached hydrogens (primary N) is 1. The fourth-order valence-electron chi connectivity index (χ4n) is 2.25. The van der Waals surface area contributed by atoms with E-state index in [0.717, 1.165) is 18.1 Å². The van der Waals surface area contributed by atoms with Gasteiger partial charge in [0.2, 0.25) is 11.9 Å². The monoisotopic (exact) mass is 269 g/mol. The molecule has 1 aromatic rings. The Kier molecular flexibility index (Phi) is 4.46. The molecule has 100 valence electrons. The van der Waals surface area contributed by atoms with E-state index in [1.54, 1.807) is 0 Å². The van der Waals surface area contributed by atoms with Gasteiger partial charge in [0.1, 0.15) is 12.9 Å². The summed E-state index contributed by atoms with van der Waals surface area (Å²) in [6.45, 7) is 0.187. The van der Waals surface area contributed by atoms with Crippen molar-refractivity contribution < 1.29 is 4.79 Å². The molecule has 1 saturated carbocycles. The first-order chi connectivity index (χ1) is 8.67. The summed E-state index contributed by atoms with van der Waals surface area (Å²) < 4.78 is 1.46. The highest BCUT2D eigenvalue weighted by molar-refractivity contribution is 7.99. The lowest BCUT2D eigenvalue weighted by molar-refractivity contribution is -0.122. The number of hydrogen-bond acceptors (Lipinski definition) is 5. The third-order valence-corrected chi connectivity index (χ3v) is 4.37. The van der Waals surface area contributed by atoms with Crippen molar-refractivity contribution in [3.05, 3.63) is 6.33 Å². The number of rotatable bonds is 4. The predicted molar refractivity (Wildman–Crippen MR) is 72.1 cm³/mol. The number of carbonyl (C=O) groups excluding carboxylic acids is 1. The highest BCUT2D eigenvalue weighted by atomic mass is 32.2. The molecule has 0 unspecified atom stereocenters. The van der Waals surface area contributed by atoms with E-state index in [0.29, 0.717) is 6.04 Å². The smallest absolute Gasteiger partial charge is 0.242 e. The van der Waals surface area contributed by atoms with Gasteiger partial charge in [-0.1, -0.05) is 0 Å². The van der Waals surface area contributed by atoms with Crippen LogP contribution < -0.4 is 11.1 Å². The first-order valence-corrected chi connectivity index (χ1v) is 7.43. The Bertz CT molecular complexity index is 400. The van der Waals surface area contributed by atoms with Gasteiger partial charge in [0.15, 0.2) is 0 Å². The Balaban J connectivity index is 1.75. The van der Waals surface area contributed by atoms with Crippen LogP contribution in [0.2, 0.25) is 0 Å². The molecule has 3 N–H and O–H groups in total. The maximum atomic E-state index is 11.8. The molecule has 0 aromatic carbocycles. The summed E-state index contributed by atoms with van der Waals surface area (Å²) in [5.41, 5.74) is 5.39. The van der Waals surface area contributed by atoms with Gasteiger partial charge in [-0.15, -0.1) is 5.10 Å². The van der Waals surface area contributed by atoms with E-state index in [9.17, 15) is 4.79 Å². The zero-order chi connectivity index (χ0) is 13.0. The minimum absolute atomic E-state index is 0.0208. The van der Waals surface area contributed by atoms with Crippen LogP contribution in [-0.4, -0.2) is 38.2 Å². The Hall–Kier alpha value is -1.24. The first kappa shape index (κ1) is 13.2. The molecule has 1 aromatic heterocycles. The Morgan fingerprint density at radius 2 is 2.28 bits per heavy atom. The van der Waals surface area contributed by atoms with Crippen molar-refractivity contribution in [3.63, 3.8) is 0 Å². The van der Waals surface area contributed by atoms with E-state index >= 15 is 0 Å². The van der Waals surface area contributed by atoms with Gasteiger partial charge in [-0.2, -0.15) is 11.8 Å². The van der Waals surface area contributed by atoms with Crippen LogP contribution in [0.25, 0.3) is 0 Å². The average Bonchev–Trinajstić information content (AvgIpc) is 2.75. The van der Waals surface area contributed by atoms with Crippen molar-refractivity contribution in [1.29, 1.82) is 0 Å². The molecule has 0 radical (unpaired) electrons. The zero-order valence-electron chi connectivity index (χ0n) is 10.5. The lowest BCUT2D eigenvalue weighted by Gasteiger charge is -2.27. The molecule has 0 aliphatic heterocycles. The second-order valence-corrected chi connectivity index (χ2v) is 5.72. The standard InChI is InChI=1S/C11H19N5OS/c1-18-9-4-2-8(3-5-9)14-10(17)6-16-7-13-11(12)15-16/h7-9H,2-6H2,1H3,(H2,12,15)(H,14,17). The molecule has 1 amide bonds. The highest BCUT2D eigenvalue weighted by Gasteiger charge is 2.21. The predicted octanol–water partition coefficient (Wildman–Crippen LogP) is 0.651. The van der Waals surface area contributed by atoms with E-state index in [2.05, 4.69) is 21.7 Å². The van der Waals surface area contributed by atoms with E-state index in [4.69, 9.17) is 5.73 Å². The van der Waals surface area contributed by atoms with Crippen LogP contribution in [-0.2, 0) is 11.3 Å². The van der Waals surface area contributed by atoms with Gasteiger partial charge in [0.05, 0.1) is 0 Å². The molecule has 1 heterocycles. The molecular weight excluding hydrogens is 250 g/mol. The molecule has 2 rings (SSSR count). The average molecular weight is 269 g/mol. The van der Waals surface area contributed by atoms with Crippen molar-refractivity contribution in [2.45, 2.75) is 43.5 Å². The minimum Gasteiger partial charge on any atom is -0.367 e. The lowest BCUT2D eigenvalue weighted by atomic mass is 9.95. The largest absolute Gasteiger partial charge is 0.367 e. The summed E-state index contributed by atoms with van der Waals surface area (Å²) in [5.74, 6) is 0.177. The summed E-state index contributed by atoms with van der Waals surface area (Å²) in [6, 6.07) is 0.307. The molecular formula is C11H19N5OS. The Morgan fingerprint density at radius 1 is 1.56 bits per heavy atom. The first-order valence-electron chi connectivity index (χ1n) is 6.14. The number of amides is 1. The van der Waals surface area contributed by atoms with Gasteiger partial charge in [-0.05, 0) is 31.9 Å². The quantitative estimate of drug-likeness (QED) is 0.838. The number of hydrogen-bond donors (Lipinski definition) is 2. The summed E-state index contributed by atoms with van der Waals surface area (Å²) in [6.07, 6.45) is 8.12. The van der Waals surface area contributed by atoms with E-state index < -0.39 is 0 Å². The Morgan fingerprint density at radius 3 is 2.83 bits per heavy atom. The Labute approximate surface area is 111 Å². The fraction of sp³-hybridized carbons (Fsp3) is 0.727. The number of carbonyl (C=O) groups is 1. The van der Waals surface area contributed by atoms with Gasteiger partial charge < -0.3 is 11.1 Å². The molecule has 0 atom stereocenters. The highest BCUT2D eigenvalue weighted by Crippen LogP contribution is 2.26. The third-order valence-electron chi connectivity index (χ3n) is 3.23. The summed E-state index contributed by atoms with van der Waals surface area (Å²) in [5, 5.41) is 7.69. The summed E-state index contributed by atoms with van der Waals surface area (Å²) in [4.78, 5) is 15.6. The molecule has 1 fully saturated rings. The van der Waals surface area contributed by atoms with Gasteiger partial charge in [-0.3, -0.25) is 4.79 Å². The molecule has 1 aliphatic carbocycles. The van der Waals surface area contributed by atoms with Crippen molar-refractivity contribution in [2.24, 2.45) is 0 Å². The second kappa shape index (κ2) is 6.08. The molecule has 0 spiro atoms. The fourth-order valence-corrected chi connectivity index (χ4v) is 2.99. The van der Waals surface area contributed by atoms with Crippen LogP contribution in [0, 0.1) is 0 Å². The molecule has 18 heavy (non-hydrogen) atoms. The number of nitrogen functional groups attached to an aromatic ring is 1. The number of anilines is 1. The van der Waals surface area contributed by atoms with Gasteiger partial charge in [0, 0.05) is 11.3 Å². The zero-order valence-corrected chi connectivity index (χ0v) is 11.3. The number of thioether (sulfide) groups is 1. The van der Waals surface area contributed by atoms with E-state index in [1.807, 2.05) is 11.8 Å². The van der Waals surface area contributed by atoms with Crippen molar-refractivity contribution in [2.75, 3.05) is 12.0 Å². The maximum Gasteiger partial charge on any atom is 0.242 e. The van der Waals surface area contributed by atoms with Crippen LogP contribution in [0.3, 0.4) is 0 Å². The topological polar surface area (TPSA) is 85.8 Å². The third kappa shape index (κ3) is 3.63. The van der Waals surface area contributed by atoms with Crippen molar-refractivity contribution in [1.82, 2.24) is 20.1 Å². The van der Waals surface area contributed by atoms with Crippen molar-refractivity contribution in [3.8, 4) is 0 Å². The molecule has 1 aliphatic rings. The van der Waals surface area contributed by atoms with Crippen LogP contribution >= 0.6 is 11.8 Å². The number of aromatic nitrogens is 3. The SMILES string of the molecule is CSC1CCC(NC(=O)Cn2cnc(N)n2)CC1. The molecule has 0 saturated heterocycles. The minimum atomic E-state index is -0.0208.